The first kappa shape index (κ1) is 16.3. The van der Waals surface area contributed by atoms with E-state index in [4.69, 9.17) is 0 Å². The summed E-state index contributed by atoms with van der Waals surface area (Å²) in [6, 6.07) is 0. The van der Waals surface area contributed by atoms with Gasteiger partial charge in [-0.1, -0.05) is 0 Å². The molecule has 0 aliphatic rings. The number of esters is 2. The Hall–Kier alpha value is -1.74. The van der Waals surface area contributed by atoms with Gasteiger partial charge in [-0.2, -0.15) is 26.3 Å². The lowest BCUT2D eigenvalue weighted by Gasteiger charge is -2.05. The molecule has 0 aromatic carbocycles. The van der Waals surface area contributed by atoms with Crippen molar-refractivity contribution in [3.8, 4) is 0 Å². The molecular formula is C8H6F6O4. The summed E-state index contributed by atoms with van der Waals surface area (Å²) in [5, 5.41) is 0. The summed E-state index contributed by atoms with van der Waals surface area (Å²) in [4.78, 5) is 20.2. The molecule has 0 N–H and O–H groups in total. The first-order valence-corrected chi connectivity index (χ1v) is 4.22. The van der Waals surface area contributed by atoms with Gasteiger partial charge in [-0.3, -0.25) is 0 Å². The van der Waals surface area contributed by atoms with Gasteiger partial charge < -0.3 is 9.47 Å². The number of halogens is 6. The maximum atomic E-state index is 11.6. The highest BCUT2D eigenvalue weighted by molar-refractivity contribution is 5.76. The van der Waals surface area contributed by atoms with E-state index in [9.17, 15) is 35.9 Å². The SMILES string of the molecule is O=C(O/C=C/CCOC(=O)C(F)(F)F)C(F)(F)F. The Labute approximate surface area is 96.1 Å². The molecular weight excluding hydrogens is 274 g/mol. The van der Waals surface area contributed by atoms with Gasteiger partial charge in [-0.15, -0.1) is 0 Å². The number of carbonyl (C=O) groups is 2. The molecule has 0 bridgehead atoms. The van der Waals surface area contributed by atoms with Gasteiger partial charge in [0.25, 0.3) is 0 Å². The number of carbonyl (C=O) groups excluding carboxylic acids is 2. The second kappa shape index (κ2) is 6.26. The lowest BCUT2D eigenvalue weighted by Crippen LogP contribution is -2.25. The van der Waals surface area contributed by atoms with Gasteiger partial charge in [-0.05, 0) is 6.08 Å². The fourth-order valence-electron chi connectivity index (χ4n) is 0.546. The maximum absolute atomic E-state index is 11.6. The zero-order valence-corrected chi connectivity index (χ0v) is 8.47. The number of alkyl halides is 6. The van der Waals surface area contributed by atoms with E-state index in [-0.39, 0.29) is 6.42 Å². The van der Waals surface area contributed by atoms with Crippen LogP contribution >= 0.6 is 0 Å². The second-order valence-corrected chi connectivity index (χ2v) is 2.70. The van der Waals surface area contributed by atoms with Crippen LogP contribution in [0.1, 0.15) is 6.42 Å². The molecule has 0 spiro atoms. The molecule has 0 atom stereocenters. The molecule has 104 valence electrons. The van der Waals surface area contributed by atoms with Gasteiger partial charge in [-0.25, -0.2) is 9.59 Å². The Bertz CT molecular complexity index is 329. The molecule has 0 amide bonds. The average Bonchev–Trinajstić information content (AvgIpc) is 2.19. The standard InChI is InChI=1S/C8H6F6O4/c9-7(10,11)5(15)17-3-1-2-4-18-6(16)8(12,13)14/h1,3H,2,4H2/b3-1+. The molecule has 0 radical (unpaired) electrons. The fraction of sp³-hybridized carbons (Fsp3) is 0.500. The number of hydrogen-bond donors (Lipinski definition) is 0. The van der Waals surface area contributed by atoms with Crippen LogP contribution in [0.5, 0.6) is 0 Å². The Morgan fingerprint density at radius 2 is 1.44 bits per heavy atom. The minimum atomic E-state index is -5.16. The fourth-order valence-corrected chi connectivity index (χ4v) is 0.546. The molecule has 18 heavy (non-hydrogen) atoms. The molecule has 0 aromatic heterocycles. The monoisotopic (exact) mass is 280 g/mol. The third-order valence-corrected chi connectivity index (χ3v) is 1.25. The van der Waals surface area contributed by atoms with Gasteiger partial charge in [0, 0.05) is 6.42 Å². The molecule has 0 aliphatic heterocycles. The molecule has 0 aliphatic carbocycles. The van der Waals surface area contributed by atoms with Crippen molar-refractivity contribution < 1.29 is 45.4 Å². The van der Waals surface area contributed by atoms with Crippen molar-refractivity contribution in [1.82, 2.24) is 0 Å². The highest BCUT2D eigenvalue weighted by Gasteiger charge is 2.41. The normalized spacial score (nSPS) is 12.6. The van der Waals surface area contributed by atoms with Crippen molar-refractivity contribution >= 4 is 11.9 Å². The summed E-state index contributed by atoms with van der Waals surface area (Å²) < 4.78 is 76.7. The summed E-state index contributed by atoms with van der Waals surface area (Å²) in [5.74, 6) is -4.88. The van der Waals surface area contributed by atoms with Crippen molar-refractivity contribution in [2.75, 3.05) is 6.61 Å². The minimum absolute atomic E-state index is 0.340. The first-order chi connectivity index (χ1) is 8.05. The summed E-state index contributed by atoms with van der Waals surface area (Å²) >= 11 is 0. The van der Waals surface area contributed by atoms with Crippen molar-refractivity contribution in [3.63, 3.8) is 0 Å². The van der Waals surface area contributed by atoms with E-state index in [2.05, 4.69) is 9.47 Å². The Kier molecular flexibility index (Phi) is 5.66. The van der Waals surface area contributed by atoms with Crippen LogP contribution in [0.25, 0.3) is 0 Å². The third-order valence-electron chi connectivity index (χ3n) is 1.25. The molecule has 0 fully saturated rings. The summed E-state index contributed by atoms with van der Waals surface area (Å²) in [6.45, 7) is -0.710. The van der Waals surface area contributed by atoms with Gasteiger partial charge >= 0.3 is 24.3 Å². The predicted octanol–water partition coefficient (Wildman–Crippen LogP) is 2.10. The van der Waals surface area contributed by atoms with Gasteiger partial charge in [0.15, 0.2) is 0 Å². The quantitative estimate of drug-likeness (QED) is 0.342. The van der Waals surface area contributed by atoms with E-state index in [0.29, 0.717) is 6.26 Å². The first-order valence-electron chi connectivity index (χ1n) is 4.22. The van der Waals surface area contributed by atoms with E-state index >= 15 is 0 Å². The van der Waals surface area contributed by atoms with E-state index in [1.54, 1.807) is 0 Å². The molecule has 0 aromatic rings. The second-order valence-electron chi connectivity index (χ2n) is 2.70. The lowest BCUT2D eigenvalue weighted by molar-refractivity contribution is -0.199. The van der Waals surface area contributed by atoms with Crippen LogP contribution in [0.4, 0.5) is 26.3 Å². The predicted molar refractivity (Wildman–Crippen MR) is 42.9 cm³/mol. The number of hydrogen-bond acceptors (Lipinski definition) is 4. The summed E-state index contributed by atoms with van der Waals surface area (Å²) in [7, 11) is 0. The zero-order valence-electron chi connectivity index (χ0n) is 8.47. The van der Waals surface area contributed by atoms with Crippen LogP contribution in [-0.4, -0.2) is 30.9 Å². The molecule has 0 rings (SSSR count). The summed E-state index contributed by atoms with van der Waals surface area (Å²) in [6.07, 6.45) is -9.49. The third kappa shape index (κ3) is 6.76. The molecule has 0 heterocycles. The Morgan fingerprint density at radius 3 is 1.89 bits per heavy atom. The van der Waals surface area contributed by atoms with Crippen LogP contribution in [0.3, 0.4) is 0 Å². The lowest BCUT2D eigenvalue weighted by atomic mass is 10.4. The Morgan fingerprint density at radius 1 is 0.944 bits per heavy atom. The van der Waals surface area contributed by atoms with E-state index < -0.39 is 30.9 Å². The van der Waals surface area contributed by atoms with Crippen molar-refractivity contribution in [2.24, 2.45) is 0 Å². The van der Waals surface area contributed by atoms with Gasteiger partial charge in [0.2, 0.25) is 0 Å². The van der Waals surface area contributed by atoms with Crippen LogP contribution in [0.15, 0.2) is 12.3 Å². The number of rotatable bonds is 4. The largest absolute Gasteiger partial charge is 0.491 e. The Balaban J connectivity index is 3.81. The topological polar surface area (TPSA) is 52.6 Å². The van der Waals surface area contributed by atoms with Crippen molar-refractivity contribution in [3.05, 3.63) is 12.3 Å². The zero-order chi connectivity index (χ0) is 14.4. The summed E-state index contributed by atoms with van der Waals surface area (Å²) in [5.41, 5.74) is 0. The van der Waals surface area contributed by atoms with E-state index in [1.165, 1.54) is 0 Å². The van der Waals surface area contributed by atoms with Crippen LogP contribution in [0.2, 0.25) is 0 Å². The van der Waals surface area contributed by atoms with Gasteiger partial charge in [0.1, 0.15) is 0 Å². The average molecular weight is 280 g/mol. The smallest absolute Gasteiger partial charge is 0.459 e. The van der Waals surface area contributed by atoms with Crippen molar-refractivity contribution in [1.29, 1.82) is 0 Å². The highest BCUT2D eigenvalue weighted by Crippen LogP contribution is 2.17. The molecule has 0 saturated heterocycles. The van der Waals surface area contributed by atoms with E-state index in [0.717, 1.165) is 6.08 Å². The molecule has 0 unspecified atom stereocenters. The van der Waals surface area contributed by atoms with Gasteiger partial charge in [0.05, 0.1) is 12.9 Å². The van der Waals surface area contributed by atoms with Crippen LogP contribution in [-0.2, 0) is 19.1 Å². The van der Waals surface area contributed by atoms with Crippen LogP contribution < -0.4 is 0 Å². The van der Waals surface area contributed by atoms with Crippen molar-refractivity contribution in [2.45, 2.75) is 18.8 Å². The maximum Gasteiger partial charge on any atom is 0.491 e. The number of ether oxygens (including phenoxy) is 2. The van der Waals surface area contributed by atoms with Crippen LogP contribution in [0, 0.1) is 0 Å². The molecule has 10 heteroatoms. The van der Waals surface area contributed by atoms with E-state index in [1.807, 2.05) is 0 Å². The molecule has 0 saturated carbocycles. The highest BCUT2D eigenvalue weighted by atomic mass is 19.4. The molecule has 4 nitrogen and oxygen atoms in total. The minimum Gasteiger partial charge on any atom is -0.459 e.